The summed E-state index contributed by atoms with van der Waals surface area (Å²) in [5.41, 5.74) is -0.622. The van der Waals surface area contributed by atoms with Gasteiger partial charge in [-0.3, -0.25) is 4.79 Å². The molecule has 4 aliphatic rings. The van der Waals surface area contributed by atoms with Gasteiger partial charge in [-0.2, -0.15) is 0 Å². The first-order valence-electron chi connectivity index (χ1n) is 22.6. The highest BCUT2D eigenvalue weighted by Crippen LogP contribution is 2.52. The van der Waals surface area contributed by atoms with Crippen LogP contribution in [0.25, 0.3) is 0 Å². The van der Waals surface area contributed by atoms with Crippen molar-refractivity contribution in [3.8, 4) is 0 Å². The number of esters is 1. The molecule has 4 saturated heterocycles. The van der Waals surface area contributed by atoms with E-state index in [0.29, 0.717) is 49.1 Å². The van der Waals surface area contributed by atoms with Gasteiger partial charge in [0, 0.05) is 42.3 Å². The van der Waals surface area contributed by atoms with Crippen molar-refractivity contribution < 1.29 is 59.6 Å². The van der Waals surface area contributed by atoms with Crippen molar-refractivity contribution in [3.63, 3.8) is 0 Å². The number of hydrogen-bond donors (Lipinski definition) is 1. The first-order valence-corrected chi connectivity index (χ1v) is 37.9. The van der Waals surface area contributed by atoms with Crippen LogP contribution >= 0.6 is 0 Å². The van der Waals surface area contributed by atoms with E-state index in [4.69, 9.17) is 50.0 Å². The topological polar surface area (TPSA) is 148 Å². The Bertz CT molecular complexity index is 1330. The quantitative estimate of drug-likeness (QED) is 0.0703. The third-order valence-electron chi connectivity index (χ3n) is 10.3. The van der Waals surface area contributed by atoms with Gasteiger partial charge in [0.2, 0.25) is 0 Å². The van der Waals surface area contributed by atoms with E-state index in [1.165, 1.54) is 0 Å². The second-order valence-corrected chi connectivity index (χ2v) is 44.2. The van der Waals surface area contributed by atoms with Crippen LogP contribution < -0.4 is 0 Å². The van der Waals surface area contributed by atoms with E-state index in [2.05, 4.69) is 83.1 Å². The minimum atomic E-state index is -4.26. The minimum Gasteiger partial charge on any atom is -0.465 e. The molecule has 0 aromatic carbocycles. The average Bonchev–Trinajstić information content (AvgIpc) is 2.97. The summed E-state index contributed by atoms with van der Waals surface area (Å²) in [5.74, 6) is 0.159. The number of ether oxygens (including phenoxy) is 1. The van der Waals surface area contributed by atoms with Crippen LogP contribution in [-0.2, 0) is 54.8 Å². The molecule has 0 radical (unpaired) electrons. The highest BCUT2D eigenvalue weighted by atomic mass is 28.6. The normalized spacial score (nSPS) is 36.7. The third-order valence-corrected chi connectivity index (χ3v) is 48.0. The fourth-order valence-electron chi connectivity index (χ4n) is 8.14. The van der Waals surface area contributed by atoms with Gasteiger partial charge < -0.3 is 54.8 Å². The number of hydrogen-bond acceptors (Lipinski definition) is 14. The van der Waals surface area contributed by atoms with Crippen LogP contribution in [0.2, 0.25) is 48.4 Å². The van der Waals surface area contributed by atoms with E-state index in [1.54, 1.807) is 0 Å². The summed E-state index contributed by atoms with van der Waals surface area (Å²) in [6.07, 6.45) is 1.03. The molecule has 4 fully saturated rings. The maximum Gasteiger partial charge on any atom is 0.483 e. The Labute approximate surface area is 367 Å². The van der Waals surface area contributed by atoms with Crippen molar-refractivity contribution in [2.24, 2.45) is 46.8 Å². The highest BCUT2D eigenvalue weighted by Gasteiger charge is 2.78. The number of carbonyl (C=O) groups excluding carboxylic acids is 1. The second-order valence-electron chi connectivity index (χ2n) is 21.1. The van der Waals surface area contributed by atoms with Crippen LogP contribution in [0.15, 0.2) is 0 Å². The molecule has 14 nitrogen and oxygen atoms in total. The summed E-state index contributed by atoms with van der Waals surface area (Å²) in [5, 5.41) is 0. The van der Waals surface area contributed by atoms with E-state index >= 15 is 0 Å². The minimum absolute atomic E-state index is 0.000414. The Morgan fingerprint density at radius 3 is 1.24 bits per heavy atom. The monoisotopic (exact) mass is 974 g/mol. The lowest BCUT2D eigenvalue weighted by Crippen LogP contribution is -2.84. The average molecular weight is 976 g/mol. The molecule has 1 N–H and O–H groups in total. The van der Waals surface area contributed by atoms with Crippen LogP contribution in [-0.4, -0.2) is 88.3 Å². The van der Waals surface area contributed by atoms with E-state index < -0.39 is 76.3 Å². The van der Waals surface area contributed by atoms with Crippen molar-refractivity contribution in [1.29, 1.82) is 0 Å². The molecule has 22 heteroatoms. The zero-order valence-electron chi connectivity index (χ0n) is 39.7. The van der Waals surface area contributed by atoms with Crippen molar-refractivity contribution in [2.75, 3.05) is 6.61 Å². The number of rotatable bonds is 20. The van der Waals surface area contributed by atoms with Gasteiger partial charge in [-0.15, -0.1) is 0 Å². The molecule has 0 spiro atoms. The molecule has 6 bridgehead atoms. The van der Waals surface area contributed by atoms with Gasteiger partial charge in [-0.25, -0.2) is 0 Å². The molecule has 4 rings (SSSR count). The summed E-state index contributed by atoms with van der Waals surface area (Å²) < 4.78 is 89.5. The van der Waals surface area contributed by atoms with Gasteiger partial charge in [-0.1, -0.05) is 104 Å². The Morgan fingerprint density at radius 2 is 0.864 bits per heavy atom. The van der Waals surface area contributed by atoms with Crippen LogP contribution in [0.1, 0.15) is 131 Å². The Hall–Kier alpha value is 0.725. The summed E-state index contributed by atoms with van der Waals surface area (Å²) >= 11 is 0. The molecule has 4 atom stereocenters. The predicted octanol–water partition coefficient (Wildman–Crippen LogP) is 8.97. The zero-order chi connectivity index (χ0) is 44.5. The first-order chi connectivity index (χ1) is 27.0. The SMILES string of the molecule is CCC(C)(C)C(=O)OCCC[Si]12O[Si]3(CC(C)C)O[SiH](CC(C)C)O[Si](CC(C)C)(O[Si]4(CC(C)C)O[Si](O)(CC(C)C)O[Si](CC(C)C)(O3)O[Si](CC(C)C)(O4)O1)O2. The molecule has 4 aliphatic heterocycles. The van der Waals surface area contributed by atoms with Crippen molar-refractivity contribution in [3.05, 3.63) is 0 Å². The maximum atomic E-state index is 13.2. The molecular formula is C37H82O14Si8. The van der Waals surface area contributed by atoms with E-state index in [0.717, 1.165) is 0 Å². The third kappa shape index (κ3) is 14.1. The molecule has 4 heterocycles. The molecule has 0 aromatic rings. The van der Waals surface area contributed by atoms with Gasteiger partial charge in [0.05, 0.1) is 12.0 Å². The highest BCUT2D eigenvalue weighted by molar-refractivity contribution is 7.00. The molecular weight excluding hydrogens is 893 g/mol. The van der Waals surface area contributed by atoms with Gasteiger partial charge in [-0.05, 0) is 74.2 Å². The van der Waals surface area contributed by atoms with Gasteiger partial charge in [0.25, 0.3) is 0 Å². The first kappa shape index (κ1) is 52.4. The fraction of sp³-hybridized carbons (Fsp3) is 0.973. The largest absolute Gasteiger partial charge is 0.483 e. The van der Waals surface area contributed by atoms with Crippen LogP contribution in [0, 0.1) is 46.8 Å². The predicted molar refractivity (Wildman–Crippen MR) is 244 cm³/mol. The smallest absolute Gasteiger partial charge is 0.465 e. The van der Waals surface area contributed by atoms with Crippen LogP contribution in [0.3, 0.4) is 0 Å². The summed E-state index contributed by atoms with van der Waals surface area (Å²) in [6.45, 7) is 35.4. The molecule has 0 aromatic heterocycles. The molecule has 0 saturated carbocycles. The van der Waals surface area contributed by atoms with E-state index in [-0.39, 0.29) is 66.1 Å². The standard InChI is InChI=1S/C37H82O14Si8/c1-18-37(16,17)36(38)40-20-19-21-54-45-55(24-31(6)7)41-52(22-29(2)3)42-56(46-54,25-32(8)9)49-58(27-34(12)13)44-53(39,23-30(4)5)43-57(48-55,26-33(10)11)50-59(47-54,51-58)28-35(14)15/h29-35,39,52H,18-28H2,1-17H3. The second kappa shape index (κ2) is 20.1. The lowest BCUT2D eigenvalue weighted by atomic mass is 9.91. The van der Waals surface area contributed by atoms with Crippen molar-refractivity contribution >= 4 is 76.9 Å². The number of fused-ring (bicyclic) bond motifs is 4. The fourth-order valence-corrected chi connectivity index (χ4v) is 54.9. The van der Waals surface area contributed by atoms with Gasteiger partial charge in [0.1, 0.15) is 0 Å². The summed E-state index contributed by atoms with van der Waals surface area (Å²) in [7, 11) is -31.4. The maximum absolute atomic E-state index is 13.2. The molecule has 0 aliphatic carbocycles. The summed E-state index contributed by atoms with van der Waals surface area (Å²) in [4.78, 5) is 26.3. The van der Waals surface area contributed by atoms with Crippen LogP contribution in [0.4, 0.5) is 0 Å². The summed E-state index contributed by atoms with van der Waals surface area (Å²) in [6, 6.07) is 3.05. The van der Waals surface area contributed by atoms with Crippen molar-refractivity contribution in [2.45, 2.75) is 179 Å². The Balaban J connectivity index is 2.14. The van der Waals surface area contributed by atoms with Gasteiger partial charge >= 0.3 is 76.9 Å². The van der Waals surface area contributed by atoms with Gasteiger partial charge in [0.15, 0.2) is 0 Å². The molecule has 59 heavy (non-hydrogen) atoms. The Kier molecular flexibility index (Phi) is 17.8. The lowest BCUT2D eigenvalue weighted by molar-refractivity contribution is -0.154. The molecule has 4 unspecified atom stereocenters. The Morgan fingerprint density at radius 1 is 0.525 bits per heavy atom. The lowest BCUT2D eigenvalue weighted by Gasteiger charge is -2.60. The molecule has 346 valence electrons. The van der Waals surface area contributed by atoms with Crippen molar-refractivity contribution in [1.82, 2.24) is 0 Å². The number of carbonyl (C=O) groups is 1. The van der Waals surface area contributed by atoms with E-state index in [1.807, 2.05) is 34.6 Å². The zero-order valence-corrected chi connectivity index (χ0v) is 47.8. The molecule has 0 amide bonds. The van der Waals surface area contributed by atoms with Crippen LogP contribution in [0.5, 0.6) is 0 Å². The van der Waals surface area contributed by atoms with E-state index in [9.17, 15) is 9.59 Å².